The number of hydrogen-bond acceptors (Lipinski definition) is 7. The molecule has 0 aliphatic rings. The molecule has 0 fully saturated rings. The molecule has 0 saturated carbocycles. The van der Waals surface area contributed by atoms with Gasteiger partial charge in [0.1, 0.15) is 24.3 Å². The zero-order valence-electron chi connectivity index (χ0n) is 21.8. The zero-order chi connectivity index (χ0) is 28.7. The third-order valence-electron chi connectivity index (χ3n) is 5.98. The lowest BCUT2D eigenvalue weighted by molar-refractivity contribution is 0.0501. The van der Waals surface area contributed by atoms with Crippen molar-refractivity contribution in [3.8, 4) is 11.5 Å². The second kappa shape index (κ2) is 14.0. The summed E-state index contributed by atoms with van der Waals surface area (Å²) in [4.78, 5) is 27.6. The van der Waals surface area contributed by atoms with Crippen LogP contribution in [-0.2, 0) is 9.47 Å². The second-order valence-corrected chi connectivity index (χ2v) is 10.0. The van der Waals surface area contributed by atoms with Gasteiger partial charge in [-0.1, -0.05) is 52.5 Å². The van der Waals surface area contributed by atoms with Gasteiger partial charge in [-0.05, 0) is 61.4 Å². The van der Waals surface area contributed by atoms with Crippen LogP contribution in [0.25, 0.3) is 0 Å². The summed E-state index contributed by atoms with van der Waals surface area (Å²) in [6.07, 6.45) is 0. The molecule has 3 rings (SSSR count). The summed E-state index contributed by atoms with van der Waals surface area (Å²) in [5, 5.41) is 0.802. The molecule has 3 aromatic rings. The van der Waals surface area contributed by atoms with E-state index < -0.39 is 11.9 Å². The van der Waals surface area contributed by atoms with Crippen molar-refractivity contribution in [1.29, 1.82) is 0 Å². The maximum absolute atomic E-state index is 12.8. The maximum atomic E-state index is 12.8. The SMILES string of the molecule is COc1c(Cl)ccc(Cl)c1C(=O)OCCN(CCOC(=O)c1c(Cl)ccc(Cl)c1OC)c1ccc(C)c(C)c1. The number of aryl methyl sites for hydroxylation is 2. The maximum Gasteiger partial charge on any atom is 0.343 e. The van der Waals surface area contributed by atoms with Crippen LogP contribution in [0.15, 0.2) is 42.5 Å². The molecule has 0 aromatic heterocycles. The highest BCUT2D eigenvalue weighted by molar-refractivity contribution is 6.37. The molecule has 39 heavy (non-hydrogen) atoms. The van der Waals surface area contributed by atoms with Gasteiger partial charge < -0.3 is 23.8 Å². The van der Waals surface area contributed by atoms with E-state index in [1.54, 1.807) is 0 Å². The first kappa shape index (κ1) is 30.7. The molecule has 0 amide bonds. The Kier molecular flexibility index (Phi) is 11.0. The third kappa shape index (κ3) is 7.42. The van der Waals surface area contributed by atoms with Crippen LogP contribution < -0.4 is 14.4 Å². The van der Waals surface area contributed by atoms with Gasteiger partial charge in [0.2, 0.25) is 0 Å². The Morgan fingerprint density at radius 2 is 1.10 bits per heavy atom. The van der Waals surface area contributed by atoms with E-state index in [0.29, 0.717) is 13.1 Å². The van der Waals surface area contributed by atoms with Crippen LogP contribution >= 0.6 is 46.4 Å². The van der Waals surface area contributed by atoms with Gasteiger partial charge in [0.05, 0.1) is 47.4 Å². The van der Waals surface area contributed by atoms with Crippen molar-refractivity contribution < 1.29 is 28.5 Å². The first-order chi connectivity index (χ1) is 18.6. The predicted octanol–water partition coefficient (Wildman–Crippen LogP) is 7.45. The van der Waals surface area contributed by atoms with Crippen LogP contribution in [0, 0.1) is 13.8 Å². The van der Waals surface area contributed by atoms with Crippen LogP contribution in [0.4, 0.5) is 5.69 Å². The van der Waals surface area contributed by atoms with E-state index in [1.807, 2.05) is 36.9 Å². The molecule has 0 bridgehead atoms. The zero-order valence-corrected chi connectivity index (χ0v) is 24.8. The van der Waals surface area contributed by atoms with E-state index in [0.717, 1.165) is 16.8 Å². The number of hydrogen-bond donors (Lipinski definition) is 0. The summed E-state index contributed by atoms with van der Waals surface area (Å²) < 4.78 is 21.5. The first-order valence-corrected chi connectivity index (χ1v) is 13.3. The minimum Gasteiger partial charge on any atom is -0.494 e. The summed E-state index contributed by atoms with van der Waals surface area (Å²) in [5.41, 5.74) is 3.16. The van der Waals surface area contributed by atoms with Crippen LogP contribution in [0.1, 0.15) is 31.8 Å². The summed E-state index contributed by atoms with van der Waals surface area (Å²) in [6.45, 7) is 4.63. The number of nitrogens with zero attached hydrogens (tertiary/aromatic N) is 1. The molecule has 3 aromatic carbocycles. The number of carbonyl (C=O) groups excluding carboxylic acids is 2. The molecule has 0 heterocycles. The van der Waals surface area contributed by atoms with Gasteiger partial charge in [-0.15, -0.1) is 0 Å². The van der Waals surface area contributed by atoms with E-state index in [4.69, 9.17) is 65.4 Å². The number of rotatable bonds is 11. The molecule has 208 valence electrons. The first-order valence-electron chi connectivity index (χ1n) is 11.8. The highest BCUT2D eigenvalue weighted by atomic mass is 35.5. The van der Waals surface area contributed by atoms with Gasteiger partial charge in [-0.25, -0.2) is 9.59 Å². The molecule has 0 radical (unpaired) electrons. The Balaban J connectivity index is 1.72. The molecule has 7 nitrogen and oxygen atoms in total. The fraction of sp³-hybridized carbons (Fsp3) is 0.286. The standard InChI is InChI=1S/C28H27Cl4NO6/c1-16-5-6-18(15-17(16)2)33(11-13-38-27(34)23-19(29)7-9-21(31)25(23)36-3)12-14-39-28(35)24-20(30)8-10-22(32)26(24)37-4/h5-10,15H,11-14H2,1-4H3. The molecular formula is C28H27Cl4NO6. The van der Waals surface area contributed by atoms with Gasteiger partial charge in [-0.3, -0.25) is 0 Å². The number of halogens is 4. The number of benzene rings is 3. The Bertz CT molecular complexity index is 1290. The third-order valence-corrected chi connectivity index (χ3v) is 7.20. The topological polar surface area (TPSA) is 74.3 Å². The summed E-state index contributed by atoms with van der Waals surface area (Å²) >= 11 is 24.7. The van der Waals surface area contributed by atoms with E-state index in [-0.39, 0.29) is 55.9 Å². The normalized spacial score (nSPS) is 10.7. The van der Waals surface area contributed by atoms with Crippen LogP contribution in [0.5, 0.6) is 11.5 Å². The molecular weight excluding hydrogens is 588 g/mol. The lowest BCUT2D eigenvalue weighted by Gasteiger charge is -2.25. The van der Waals surface area contributed by atoms with E-state index in [9.17, 15) is 9.59 Å². The van der Waals surface area contributed by atoms with Gasteiger partial charge in [-0.2, -0.15) is 0 Å². The predicted molar refractivity (Wildman–Crippen MR) is 155 cm³/mol. The van der Waals surface area contributed by atoms with E-state index in [2.05, 4.69) is 0 Å². The Hall–Kier alpha value is -2.84. The fourth-order valence-electron chi connectivity index (χ4n) is 3.78. The number of ether oxygens (including phenoxy) is 4. The van der Waals surface area contributed by atoms with E-state index in [1.165, 1.54) is 38.5 Å². The Morgan fingerprint density at radius 3 is 1.51 bits per heavy atom. The summed E-state index contributed by atoms with van der Waals surface area (Å²) in [7, 11) is 2.78. The highest BCUT2D eigenvalue weighted by Crippen LogP contribution is 2.35. The molecule has 0 unspecified atom stereocenters. The van der Waals surface area contributed by atoms with Gasteiger partial charge >= 0.3 is 11.9 Å². The average Bonchev–Trinajstić information content (AvgIpc) is 2.91. The monoisotopic (exact) mass is 613 g/mol. The van der Waals surface area contributed by atoms with Crippen molar-refractivity contribution in [2.45, 2.75) is 13.8 Å². The van der Waals surface area contributed by atoms with Crippen molar-refractivity contribution >= 4 is 64.0 Å². The van der Waals surface area contributed by atoms with Gasteiger partial charge in [0.15, 0.2) is 11.5 Å². The van der Waals surface area contributed by atoms with Crippen molar-refractivity contribution in [3.05, 3.63) is 84.8 Å². The Morgan fingerprint density at radius 1 is 0.667 bits per heavy atom. The fourth-order valence-corrected chi connectivity index (χ4v) is 4.70. The molecule has 0 aliphatic heterocycles. The number of methoxy groups -OCH3 is 2. The largest absolute Gasteiger partial charge is 0.494 e. The van der Waals surface area contributed by atoms with Crippen LogP contribution in [0.2, 0.25) is 20.1 Å². The van der Waals surface area contributed by atoms with Gasteiger partial charge in [0, 0.05) is 5.69 Å². The van der Waals surface area contributed by atoms with Crippen LogP contribution in [0.3, 0.4) is 0 Å². The van der Waals surface area contributed by atoms with Crippen molar-refractivity contribution in [3.63, 3.8) is 0 Å². The highest BCUT2D eigenvalue weighted by Gasteiger charge is 2.23. The van der Waals surface area contributed by atoms with Crippen LogP contribution in [-0.4, -0.2) is 52.5 Å². The van der Waals surface area contributed by atoms with E-state index >= 15 is 0 Å². The number of carbonyl (C=O) groups is 2. The summed E-state index contributed by atoms with van der Waals surface area (Å²) in [5.74, 6) is -1.06. The smallest absolute Gasteiger partial charge is 0.343 e. The lowest BCUT2D eigenvalue weighted by atomic mass is 10.1. The quantitative estimate of drug-likeness (QED) is 0.208. The minimum atomic E-state index is -0.673. The lowest BCUT2D eigenvalue weighted by Crippen LogP contribution is -2.32. The van der Waals surface area contributed by atoms with Crippen molar-refractivity contribution in [1.82, 2.24) is 0 Å². The molecule has 0 spiro atoms. The summed E-state index contributed by atoms with van der Waals surface area (Å²) in [6, 6.07) is 12.0. The van der Waals surface area contributed by atoms with Gasteiger partial charge in [0.25, 0.3) is 0 Å². The molecule has 0 N–H and O–H groups in total. The Labute approximate surface area is 247 Å². The van der Waals surface area contributed by atoms with Crippen molar-refractivity contribution in [2.75, 3.05) is 45.4 Å². The average molecular weight is 615 g/mol. The van der Waals surface area contributed by atoms with Crippen molar-refractivity contribution in [2.24, 2.45) is 0 Å². The molecule has 0 aliphatic carbocycles. The minimum absolute atomic E-state index is 0.0135. The second-order valence-electron chi connectivity index (χ2n) is 8.40. The molecule has 11 heteroatoms. The number of anilines is 1. The molecule has 0 saturated heterocycles. The number of esters is 2. The molecule has 0 atom stereocenters.